The second-order valence-corrected chi connectivity index (χ2v) is 4.59. The molecule has 2 aromatic carbocycles. The number of nitrogens with two attached hydrogens (primary N) is 1. The van der Waals surface area contributed by atoms with Crippen molar-refractivity contribution in [2.75, 3.05) is 17.7 Å². The number of nitriles is 1. The van der Waals surface area contributed by atoms with Crippen molar-refractivity contribution >= 4 is 28.0 Å². The minimum absolute atomic E-state index is 0.638. The van der Waals surface area contributed by atoms with Gasteiger partial charge in [0.05, 0.1) is 34.7 Å². The molecule has 3 N–H and O–H groups in total. The molecule has 0 fully saturated rings. The van der Waals surface area contributed by atoms with Gasteiger partial charge < -0.3 is 10.6 Å². The van der Waals surface area contributed by atoms with Crippen LogP contribution in [0.5, 0.6) is 0 Å². The van der Waals surface area contributed by atoms with Gasteiger partial charge in [0.25, 0.3) is 0 Å². The van der Waals surface area contributed by atoms with Gasteiger partial charge in [-0.25, -0.2) is 0 Å². The van der Waals surface area contributed by atoms with E-state index in [1.807, 2.05) is 36.2 Å². The number of nitrogens with zero attached hydrogens (tertiary/aromatic N) is 3. The third kappa shape index (κ3) is 1.93. The van der Waals surface area contributed by atoms with Crippen LogP contribution < -0.4 is 10.6 Å². The number of aromatic amines is 1. The Balaban J connectivity index is 2.04. The highest BCUT2D eigenvalue weighted by Crippen LogP contribution is 2.32. The molecule has 0 aliphatic rings. The summed E-state index contributed by atoms with van der Waals surface area (Å²) >= 11 is 0. The van der Waals surface area contributed by atoms with Gasteiger partial charge in [0.2, 0.25) is 0 Å². The van der Waals surface area contributed by atoms with Crippen LogP contribution in [0.25, 0.3) is 10.9 Å². The number of benzene rings is 2. The molecule has 0 atom stereocenters. The minimum Gasteiger partial charge on any atom is -0.397 e. The molecule has 20 heavy (non-hydrogen) atoms. The number of H-pyrrole nitrogens is 1. The summed E-state index contributed by atoms with van der Waals surface area (Å²) < 4.78 is 0. The van der Waals surface area contributed by atoms with E-state index in [0.29, 0.717) is 11.3 Å². The Labute approximate surface area is 116 Å². The molecule has 0 saturated carbocycles. The molecule has 0 spiro atoms. The predicted molar refractivity (Wildman–Crippen MR) is 79.7 cm³/mol. The van der Waals surface area contributed by atoms with Crippen LogP contribution >= 0.6 is 0 Å². The number of nitrogen functional groups attached to an aromatic ring is 1. The van der Waals surface area contributed by atoms with Crippen molar-refractivity contribution in [1.82, 2.24) is 10.2 Å². The first-order valence-electron chi connectivity index (χ1n) is 6.15. The van der Waals surface area contributed by atoms with Crippen molar-refractivity contribution in [1.29, 1.82) is 5.26 Å². The topological polar surface area (TPSA) is 81.7 Å². The normalized spacial score (nSPS) is 10.4. The summed E-state index contributed by atoms with van der Waals surface area (Å²) in [6, 6.07) is 13.3. The third-order valence-electron chi connectivity index (χ3n) is 3.33. The lowest BCUT2D eigenvalue weighted by Crippen LogP contribution is -2.11. The average molecular weight is 263 g/mol. The number of fused-ring (bicyclic) bond motifs is 1. The van der Waals surface area contributed by atoms with Gasteiger partial charge in [0.15, 0.2) is 0 Å². The second-order valence-electron chi connectivity index (χ2n) is 4.59. The van der Waals surface area contributed by atoms with Gasteiger partial charge in [-0.2, -0.15) is 10.4 Å². The van der Waals surface area contributed by atoms with Crippen molar-refractivity contribution in [2.45, 2.75) is 0 Å². The first-order chi connectivity index (χ1) is 9.69. The molecule has 0 bridgehead atoms. The Morgan fingerprint density at radius 2 is 2.00 bits per heavy atom. The lowest BCUT2D eigenvalue weighted by Gasteiger charge is -2.21. The molecular weight excluding hydrogens is 250 g/mol. The van der Waals surface area contributed by atoms with E-state index in [0.717, 1.165) is 22.3 Å². The van der Waals surface area contributed by atoms with E-state index in [9.17, 15) is 0 Å². The zero-order valence-electron chi connectivity index (χ0n) is 11.0. The molecule has 0 saturated heterocycles. The average Bonchev–Trinajstić information content (AvgIpc) is 2.93. The molecule has 0 radical (unpaired) electrons. The smallest absolute Gasteiger partial charge is 0.0991 e. The molecule has 0 aliphatic heterocycles. The predicted octanol–water partition coefficient (Wildman–Crippen LogP) is 2.78. The number of aromatic nitrogens is 2. The van der Waals surface area contributed by atoms with Gasteiger partial charge in [-0.1, -0.05) is 0 Å². The third-order valence-corrected chi connectivity index (χ3v) is 3.33. The first kappa shape index (κ1) is 12.1. The van der Waals surface area contributed by atoms with Gasteiger partial charge >= 0.3 is 0 Å². The molecule has 1 aromatic heterocycles. The Morgan fingerprint density at radius 3 is 2.70 bits per heavy atom. The maximum atomic E-state index is 8.83. The standard InChI is InChI=1S/C15H13N5/c1-20(12-4-2-10(8-16)3-5-12)15-7-14-11(6-13(15)17)9-18-19-14/h2-7,9H,17H2,1H3,(H,18,19). The van der Waals surface area contributed by atoms with E-state index < -0.39 is 0 Å². The van der Waals surface area contributed by atoms with Crippen LogP contribution in [0.4, 0.5) is 17.1 Å². The van der Waals surface area contributed by atoms with E-state index in [-0.39, 0.29) is 0 Å². The fourth-order valence-electron chi connectivity index (χ4n) is 2.19. The maximum Gasteiger partial charge on any atom is 0.0991 e. The summed E-state index contributed by atoms with van der Waals surface area (Å²) in [5.74, 6) is 0. The molecule has 0 amide bonds. The number of anilines is 3. The van der Waals surface area contributed by atoms with Gasteiger partial charge in [0, 0.05) is 18.1 Å². The summed E-state index contributed by atoms with van der Waals surface area (Å²) in [4.78, 5) is 1.98. The summed E-state index contributed by atoms with van der Waals surface area (Å²) in [7, 11) is 1.94. The molecule has 0 aliphatic carbocycles. The van der Waals surface area contributed by atoms with Crippen molar-refractivity contribution in [2.24, 2.45) is 0 Å². The minimum atomic E-state index is 0.638. The molecule has 5 heteroatoms. The van der Waals surface area contributed by atoms with Crippen molar-refractivity contribution < 1.29 is 0 Å². The Hall–Kier alpha value is -3.00. The van der Waals surface area contributed by atoms with Crippen LogP contribution in [-0.2, 0) is 0 Å². The monoisotopic (exact) mass is 263 g/mol. The zero-order valence-corrected chi connectivity index (χ0v) is 11.0. The van der Waals surface area contributed by atoms with Crippen LogP contribution in [0.3, 0.4) is 0 Å². The van der Waals surface area contributed by atoms with E-state index in [2.05, 4.69) is 16.3 Å². The Bertz CT molecular complexity index is 795. The van der Waals surface area contributed by atoms with Crippen LogP contribution in [0.1, 0.15) is 5.56 Å². The SMILES string of the molecule is CN(c1ccc(C#N)cc1)c1cc2[nH]ncc2cc1N. The maximum absolute atomic E-state index is 8.83. The van der Waals surface area contributed by atoms with Crippen molar-refractivity contribution in [3.63, 3.8) is 0 Å². The van der Waals surface area contributed by atoms with Crippen LogP contribution in [-0.4, -0.2) is 17.2 Å². The Morgan fingerprint density at radius 1 is 1.25 bits per heavy atom. The summed E-state index contributed by atoms with van der Waals surface area (Å²) in [6.45, 7) is 0. The highest BCUT2D eigenvalue weighted by Gasteiger charge is 2.10. The number of hydrogen-bond acceptors (Lipinski definition) is 4. The molecule has 98 valence electrons. The summed E-state index contributed by atoms with van der Waals surface area (Å²) in [5.41, 5.74) is 10.2. The van der Waals surface area contributed by atoms with Gasteiger partial charge in [0.1, 0.15) is 0 Å². The van der Waals surface area contributed by atoms with Crippen LogP contribution in [0.15, 0.2) is 42.6 Å². The van der Waals surface area contributed by atoms with E-state index in [4.69, 9.17) is 11.0 Å². The molecule has 0 unspecified atom stereocenters. The number of rotatable bonds is 2. The van der Waals surface area contributed by atoms with Crippen LogP contribution in [0, 0.1) is 11.3 Å². The highest BCUT2D eigenvalue weighted by atomic mass is 15.1. The highest BCUT2D eigenvalue weighted by molar-refractivity contribution is 5.90. The molecular formula is C15H13N5. The lowest BCUT2D eigenvalue weighted by atomic mass is 10.1. The quantitative estimate of drug-likeness (QED) is 0.696. The second kappa shape index (κ2) is 4.59. The number of nitrogens with one attached hydrogen (secondary N) is 1. The lowest BCUT2D eigenvalue weighted by molar-refractivity contribution is 1.12. The van der Waals surface area contributed by atoms with Gasteiger partial charge in [-0.3, -0.25) is 5.10 Å². The molecule has 3 aromatic rings. The van der Waals surface area contributed by atoms with Crippen molar-refractivity contribution in [3.05, 3.63) is 48.2 Å². The fraction of sp³-hybridized carbons (Fsp3) is 0.0667. The van der Waals surface area contributed by atoms with Gasteiger partial charge in [-0.15, -0.1) is 0 Å². The number of hydrogen-bond donors (Lipinski definition) is 2. The first-order valence-corrected chi connectivity index (χ1v) is 6.15. The molecule has 5 nitrogen and oxygen atoms in total. The van der Waals surface area contributed by atoms with Gasteiger partial charge in [-0.05, 0) is 36.4 Å². The van der Waals surface area contributed by atoms with Crippen LogP contribution in [0.2, 0.25) is 0 Å². The Kier molecular flexibility index (Phi) is 2.77. The zero-order chi connectivity index (χ0) is 14.1. The van der Waals surface area contributed by atoms with E-state index in [1.165, 1.54) is 0 Å². The fourth-order valence-corrected chi connectivity index (χ4v) is 2.19. The van der Waals surface area contributed by atoms with E-state index >= 15 is 0 Å². The molecule has 3 rings (SSSR count). The van der Waals surface area contributed by atoms with E-state index in [1.54, 1.807) is 18.3 Å². The molecule has 1 heterocycles. The van der Waals surface area contributed by atoms with Crippen molar-refractivity contribution in [3.8, 4) is 6.07 Å². The largest absolute Gasteiger partial charge is 0.397 e. The summed E-state index contributed by atoms with van der Waals surface area (Å²) in [5, 5.41) is 16.8. The summed E-state index contributed by atoms with van der Waals surface area (Å²) in [6.07, 6.45) is 1.75.